The summed E-state index contributed by atoms with van der Waals surface area (Å²) in [5.41, 5.74) is 4.92. The van der Waals surface area contributed by atoms with Crippen molar-refractivity contribution >= 4 is 41.2 Å². The third kappa shape index (κ3) is 6.59. The van der Waals surface area contributed by atoms with E-state index >= 15 is 0 Å². The summed E-state index contributed by atoms with van der Waals surface area (Å²) in [6.07, 6.45) is 3.79. The summed E-state index contributed by atoms with van der Waals surface area (Å²) in [6.45, 7) is 13.8. The van der Waals surface area contributed by atoms with E-state index < -0.39 is 35.5 Å². The highest BCUT2D eigenvalue weighted by molar-refractivity contribution is 7.89. The molecule has 1 aliphatic rings. The van der Waals surface area contributed by atoms with Gasteiger partial charge in [-0.2, -0.15) is 0 Å². The Bertz CT molecular complexity index is 1260. The van der Waals surface area contributed by atoms with Crippen LogP contribution in [0.1, 0.15) is 71.2 Å². The molecule has 6 N–H and O–H groups in total. The van der Waals surface area contributed by atoms with E-state index in [2.05, 4.69) is 48.9 Å². The lowest BCUT2D eigenvalue weighted by Crippen LogP contribution is -2.64. The fraction of sp³-hybridized carbons (Fsp3) is 0.615. The Morgan fingerprint density at radius 3 is 2.32 bits per heavy atom. The Hall–Kier alpha value is -1.99. The van der Waals surface area contributed by atoms with Crippen LogP contribution in [0.25, 0.3) is 10.4 Å². The second-order valence-corrected chi connectivity index (χ2v) is 20.7. The van der Waals surface area contributed by atoms with Crippen molar-refractivity contribution in [2.24, 2.45) is 0 Å². The molecular formula is C26H42N4O5S2Si. The number of nitrogens with one attached hydrogen (secondary N) is 2. The molecule has 1 fully saturated rings. The number of sulfonamides is 1. The number of aliphatic hydroxyl groups is 1. The van der Waals surface area contributed by atoms with Gasteiger partial charge in [-0.3, -0.25) is 0 Å². The van der Waals surface area contributed by atoms with E-state index in [-0.39, 0.29) is 21.9 Å². The fourth-order valence-electron chi connectivity index (χ4n) is 4.99. The van der Waals surface area contributed by atoms with Crippen LogP contribution in [0.15, 0.2) is 29.3 Å². The standard InChI is InChI=1S/C26H42N4O5S2Si/c1-25(2,3)38(6,7)23(31)26(4,5)30-37(34,35)21-14-17(27)10-13-19(21)20-15-28-22(36-20)16-8-11-18(12-9-16)29-24(32)33/h10,13-16,18,23,29-31H,8-9,11-12,27H2,1-7H3,(H,32,33). The molecule has 1 atom stereocenters. The lowest BCUT2D eigenvalue weighted by molar-refractivity contribution is 0.152. The van der Waals surface area contributed by atoms with E-state index in [9.17, 15) is 18.3 Å². The van der Waals surface area contributed by atoms with E-state index in [1.165, 1.54) is 17.4 Å². The number of nitrogens with zero attached hydrogens (tertiary/aromatic N) is 1. The first kappa shape index (κ1) is 30.5. The van der Waals surface area contributed by atoms with Crippen LogP contribution in [0.2, 0.25) is 18.1 Å². The number of benzene rings is 1. The molecule has 0 bridgehead atoms. The molecule has 3 rings (SSSR count). The molecule has 1 heterocycles. The van der Waals surface area contributed by atoms with Gasteiger partial charge in [0.05, 0.1) is 34.1 Å². The number of carbonyl (C=O) groups is 1. The number of aromatic nitrogens is 1. The van der Waals surface area contributed by atoms with Gasteiger partial charge >= 0.3 is 6.09 Å². The minimum absolute atomic E-state index is 0.0480. The molecule has 0 saturated heterocycles. The van der Waals surface area contributed by atoms with Gasteiger partial charge in [-0.1, -0.05) is 39.9 Å². The maximum atomic E-state index is 13.8. The fourth-order valence-corrected chi connectivity index (χ4v) is 10.7. The van der Waals surface area contributed by atoms with Gasteiger partial charge in [-0.05, 0) is 56.7 Å². The Morgan fingerprint density at radius 2 is 1.76 bits per heavy atom. The van der Waals surface area contributed by atoms with E-state index in [0.717, 1.165) is 30.7 Å². The smallest absolute Gasteiger partial charge is 0.404 e. The van der Waals surface area contributed by atoms with Crippen LogP contribution in [-0.2, 0) is 10.0 Å². The van der Waals surface area contributed by atoms with Gasteiger partial charge in [-0.15, -0.1) is 11.3 Å². The SMILES string of the molecule is CC(C)(NS(=O)(=O)c1cc(N)ccc1-c1cnc(C2CCC(NC(=O)O)CC2)s1)C(O)[Si](C)(C)C(C)(C)C. The second-order valence-electron chi connectivity index (χ2n) is 12.5. The van der Waals surface area contributed by atoms with E-state index in [1.54, 1.807) is 32.2 Å². The van der Waals surface area contributed by atoms with Crippen molar-refractivity contribution in [2.45, 2.75) is 107 Å². The Labute approximate surface area is 231 Å². The first-order valence-corrected chi connectivity index (χ1v) is 18.3. The van der Waals surface area contributed by atoms with E-state index in [0.29, 0.717) is 16.1 Å². The molecule has 1 aliphatic carbocycles. The van der Waals surface area contributed by atoms with Crippen molar-refractivity contribution in [1.82, 2.24) is 15.0 Å². The number of hydrogen-bond donors (Lipinski definition) is 5. The monoisotopic (exact) mass is 582 g/mol. The highest BCUT2D eigenvalue weighted by atomic mass is 32.2. The number of nitrogens with two attached hydrogens (primary N) is 1. The number of nitrogen functional groups attached to an aromatic ring is 1. The molecular weight excluding hydrogens is 541 g/mol. The molecule has 1 amide bonds. The number of amides is 1. The first-order valence-electron chi connectivity index (χ1n) is 12.9. The number of thiazole rings is 1. The summed E-state index contributed by atoms with van der Waals surface area (Å²) in [4.78, 5) is 16.3. The normalized spacial score (nSPS) is 20.2. The number of anilines is 1. The van der Waals surface area contributed by atoms with Gasteiger partial charge in [0, 0.05) is 29.4 Å². The van der Waals surface area contributed by atoms with Crippen LogP contribution in [-0.4, -0.2) is 55.1 Å². The van der Waals surface area contributed by atoms with Crippen molar-refractivity contribution in [3.63, 3.8) is 0 Å². The van der Waals surface area contributed by atoms with Gasteiger partial charge < -0.3 is 21.3 Å². The van der Waals surface area contributed by atoms with Crippen LogP contribution in [0.5, 0.6) is 0 Å². The highest BCUT2D eigenvalue weighted by Gasteiger charge is 2.49. The molecule has 38 heavy (non-hydrogen) atoms. The minimum atomic E-state index is -4.06. The van der Waals surface area contributed by atoms with Gasteiger partial charge in [-0.25, -0.2) is 22.9 Å². The van der Waals surface area contributed by atoms with Crippen molar-refractivity contribution in [2.75, 3.05) is 5.73 Å². The molecule has 1 unspecified atom stereocenters. The van der Waals surface area contributed by atoms with Crippen LogP contribution in [0.4, 0.5) is 10.5 Å². The zero-order chi connectivity index (χ0) is 28.7. The quantitative estimate of drug-likeness (QED) is 0.213. The Morgan fingerprint density at radius 1 is 1.16 bits per heavy atom. The molecule has 2 aromatic rings. The average molecular weight is 583 g/mol. The Kier molecular flexibility index (Phi) is 8.74. The number of rotatable bonds is 8. The third-order valence-corrected chi connectivity index (χ3v) is 17.0. The third-order valence-electron chi connectivity index (χ3n) is 8.19. The number of aliphatic hydroxyl groups excluding tert-OH is 1. The Balaban J connectivity index is 1.88. The molecule has 1 saturated carbocycles. The molecule has 1 aromatic heterocycles. The zero-order valence-electron chi connectivity index (χ0n) is 23.3. The van der Waals surface area contributed by atoms with Crippen LogP contribution >= 0.6 is 11.3 Å². The van der Waals surface area contributed by atoms with Gasteiger partial charge in [0.1, 0.15) is 0 Å². The van der Waals surface area contributed by atoms with Crippen molar-refractivity contribution in [3.8, 4) is 10.4 Å². The largest absolute Gasteiger partial charge is 0.465 e. The van der Waals surface area contributed by atoms with Crippen LogP contribution in [0, 0.1) is 0 Å². The van der Waals surface area contributed by atoms with Crippen LogP contribution in [0.3, 0.4) is 0 Å². The van der Waals surface area contributed by atoms with Gasteiger partial charge in [0.2, 0.25) is 10.0 Å². The topological polar surface area (TPSA) is 155 Å². The van der Waals surface area contributed by atoms with E-state index in [4.69, 9.17) is 10.8 Å². The summed E-state index contributed by atoms with van der Waals surface area (Å²) in [5, 5.41) is 23.7. The summed E-state index contributed by atoms with van der Waals surface area (Å²) in [7, 11) is -6.36. The maximum Gasteiger partial charge on any atom is 0.404 e. The second kappa shape index (κ2) is 10.9. The first-order chi connectivity index (χ1) is 17.3. The number of carboxylic acid groups (broad SMARTS) is 1. The predicted molar refractivity (Wildman–Crippen MR) is 156 cm³/mol. The van der Waals surface area contributed by atoms with E-state index in [1.807, 2.05) is 0 Å². The summed E-state index contributed by atoms with van der Waals surface area (Å²) in [5.74, 6) is 0.200. The lowest BCUT2D eigenvalue weighted by Gasteiger charge is -2.47. The minimum Gasteiger partial charge on any atom is -0.465 e. The van der Waals surface area contributed by atoms with Gasteiger partial charge in [0.15, 0.2) is 0 Å². The molecule has 9 nitrogen and oxygen atoms in total. The molecule has 212 valence electrons. The van der Waals surface area contributed by atoms with Gasteiger partial charge in [0.25, 0.3) is 0 Å². The lowest BCUT2D eigenvalue weighted by atomic mass is 9.86. The zero-order valence-corrected chi connectivity index (χ0v) is 26.0. The summed E-state index contributed by atoms with van der Waals surface area (Å²) < 4.78 is 30.3. The van der Waals surface area contributed by atoms with Crippen molar-refractivity contribution in [1.29, 1.82) is 0 Å². The molecule has 0 spiro atoms. The molecule has 1 aromatic carbocycles. The maximum absolute atomic E-state index is 13.8. The van der Waals surface area contributed by atoms with Crippen molar-refractivity contribution < 1.29 is 23.4 Å². The highest BCUT2D eigenvalue weighted by Crippen LogP contribution is 2.42. The molecule has 0 radical (unpaired) electrons. The van der Waals surface area contributed by atoms with Crippen LogP contribution < -0.4 is 15.8 Å². The molecule has 0 aliphatic heterocycles. The number of hydrogen-bond acceptors (Lipinski definition) is 7. The predicted octanol–water partition coefficient (Wildman–Crippen LogP) is 5.15. The summed E-state index contributed by atoms with van der Waals surface area (Å²) >= 11 is 1.45. The average Bonchev–Trinajstić information content (AvgIpc) is 3.27. The molecule has 12 heteroatoms. The van der Waals surface area contributed by atoms with Crippen molar-refractivity contribution in [3.05, 3.63) is 29.4 Å². The summed E-state index contributed by atoms with van der Waals surface area (Å²) in [6, 6.07) is 4.78.